The maximum Gasteiger partial charge on any atom is 0.404 e. The van der Waals surface area contributed by atoms with E-state index in [2.05, 4.69) is 0 Å². The summed E-state index contributed by atoms with van der Waals surface area (Å²) in [5.41, 5.74) is 4.96. The zero-order chi connectivity index (χ0) is 9.68. The van der Waals surface area contributed by atoms with Crippen LogP contribution >= 0.6 is 0 Å². The number of amides is 1. The van der Waals surface area contributed by atoms with E-state index in [9.17, 15) is 4.79 Å². The van der Waals surface area contributed by atoms with Crippen LogP contribution in [0.4, 0.5) is 4.79 Å². The van der Waals surface area contributed by atoms with E-state index in [1.165, 1.54) is 0 Å². The van der Waals surface area contributed by atoms with Crippen LogP contribution in [0.15, 0.2) is 0 Å². The van der Waals surface area contributed by atoms with Crippen molar-refractivity contribution in [3.8, 4) is 0 Å². The Hall–Kier alpha value is -0.770. The molecule has 13 heavy (non-hydrogen) atoms. The van der Waals surface area contributed by atoms with Gasteiger partial charge >= 0.3 is 6.09 Å². The lowest BCUT2D eigenvalue weighted by molar-refractivity contribution is 0.0330. The van der Waals surface area contributed by atoms with Crippen LogP contribution in [-0.4, -0.2) is 23.9 Å². The summed E-state index contributed by atoms with van der Waals surface area (Å²) in [5.74, 6) is 0.297. The number of aliphatic hydroxyl groups excluding tert-OH is 1. The van der Waals surface area contributed by atoms with Gasteiger partial charge in [0, 0.05) is 6.61 Å². The number of hydrogen-bond acceptors (Lipinski definition) is 3. The van der Waals surface area contributed by atoms with Crippen molar-refractivity contribution in [3.05, 3.63) is 0 Å². The molecule has 1 amide bonds. The molecule has 0 bridgehead atoms. The van der Waals surface area contributed by atoms with Gasteiger partial charge in [0.2, 0.25) is 0 Å². The van der Waals surface area contributed by atoms with Gasteiger partial charge in [0.05, 0.1) is 0 Å². The number of carbonyl (C=O) groups is 1. The van der Waals surface area contributed by atoms with Gasteiger partial charge in [-0.15, -0.1) is 0 Å². The second kappa shape index (κ2) is 5.07. The van der Waals surface area contributed by atoms with Crippen molar-refractivity contribution in [1.82, 2.24) is 0 Å². The first-order valence-corrected chi connectivity index (χ1v) is 4.81. The van der Waals surface area contributed by atoms with Crippen LogP contribution in [-0.2, 0) is 4.74 Å². The molecule has 2 atom stereocenters. The van der Waals surface area contributed by atoms with Crippen LogP contribution in [0.5, 0.6) is 0 Å². The fourth-order valence-electron chi connectivity index (χ4n) is 1.97. The summed E-state index contributed by atoms with van der Waals surface area (Å²) < 4.78 is 4.98. The molecule has 1 fully saturated rings. The van der Waals surface area contributed by atoms with Gasteiger partial charge in [-0.2, -0.15) is 0 Å². The van der Waals surface area contributed by atoms with E-state index < -0.39 is 6.09 Å². The van der Waals surface area contributed by atoms with Crippen LogP contribution < -0.4 is 5.73 Å². The molecule has 0 spiro atoms. The number of hydrogen-bond donors (Lipinski definition) is 2. The third-order valence-electron chi connectivity index (χ3n) is 2.61. The van der Waals surface area contributed by atoms with E-state index in [1.807, 2.05) is 0 Å². The van der Waals surface area contributed by atoms with Gasteiger partial charge in [-0.25, -0.2) is 4.79 Å². The lowest BCUT2D eigenvalue weighted by Crippen LogP contribution is -2.32. The van der Waals surface area contributed by atoms with Gasteiger partial charge in [-0.3, -0.25) is 0 Å². The van der Waals surface area contributed by atoms with Crippen LogP contribution in [0.25, 0.3) is 0 Å². The van der Waals surface area contributed by atoms with Crippen molar-refractivity contribution in [2.45, 2.75) is 38.2 Å². The first kappa shape index (κ1) is 10.3. The summed E-state index contributed by atoms with van der Waals surface area (Å²) in [7, 11) is 0. The van der Waals surface area contributed by atoms with E-state index in [4.69, 9.17) is 15.6 Å². The Morgan fingerprint density at radius 3 is 2.77 bits per heavy atom. The number of carbonyl (C=O) groups excluding carboxylic acids is 1. The molecule has 1 saturated carbocycles. The highest BCUT2D eigenvalue weighted by Crippen LogP contribution is 2.28. The van der Waals surface area contributed by atoms with Crippen LogP contribution in [0.2, 0.25) is 0 Å². The molecule has 4 nitrogen and oxygen atoms in total. The molecule has 3 N–H and O–H groups in total. The van der Waals surface area contributed by atoms with E-state index in [0.29, 0.717) is 12.3 Å². The highest BCUT2D eigenvalue weighted by atomic mass is 16.6. The Bertz CT molecular complexity index is 170. The first-order valence-electron chi connectivity index (χ1n) is 4.81. The Balaban J connectivity index is 2.41. The highest BCUT2D eigenvalue weighted by molar-refractivity contribution is 5.64. The highest BCUT2D eigenvalue weighted by Gasteiger charge is 2.26. The third-order valence-corrected chi connectivity index (χ3v) is 2.61. The second-order valence-corrected chi connectivity index (χ2v) is 3.53. The zero-order valence-corrected chi connectivity index (χ0v) is 7.74. The number of nitrogens with two attached hydrogens (primary N) is 1. The van der Waals surface area contributed by atoms with E-state index in [1.54, 1.807) is 0 Å². The summed E-state index contributed by atoms with van der Waals surface area (Å²) in [5, 5.41) is 8.80. The Labute approximate surface area is 78.1 Å². The van der Waals surface area contributed by atoms with Crippen LogP contribution in [0.1, 0.15) is 32.1 Å². The average molecular weight is 187 g/mol. The number of primary amides is 1. The SMILES string of the molecule is NC(=O)OC1CCCCC1CCO. The Morgan fingerprint density at radius 1 is 1.46 bits per heavy atom. The summed E-state index contributed by atoms with van der Waals surface area (Å²) in [6.45, 7) is 0.156. The predicted octanol–water partition coefficient (Wildman–Crippen LogP) is 1.02. The molecule has 0 aromatic carbocycles. The van der Waals surface area contributed by atoms with Crippen molar-refractivity contribution < 1.29 is 14.6 Å². The first-order chi connectivity index (χ1) is 6.24. The van der Waals surface area contributed by atoms with Crippen LogP contribution in [0.3, 0.4) is 0 Å². The maximum atomic E-state index is 10.6. The van der Waals surface area contributed by atoms with Gasteiger partial charge in [0.25, 0.3) is 0 Å². The van der Waals surface area contributed by atoms with Crippen molar-refractivity contribution in [2.75, 3.05) is 6.61 Å². The minimum absolute atomic E-state index is 0.0709. The minimum atomic E-state index is -0.699. The summed E-state index contributed by atoms with van der Waals surface area (Å²) in [6, 6.07) is 0. The van der Waals surface area contributed by atoms with Gasteiger partial charge in [0.15, 0.2) is 0 Å². The molecule has 1 rings (SSSR count). The van der Waals surface area contributed by atoms with E-state index in [-0.39, 0.29) is 12.7 Å². The number of rotatable bonds is 3. The monoisotopic (exact) mass is 187 g/mol. The van der Waals surface area contributed by atoms with Crippen molar-refractivity contribution in [1.29, 1.82) is 0 Å². The quantitative estimate of drug-likeness (QED) is 0.693. The lowest BCUT2D eigenvalue weighted by Gasteiger charge is -2.30. The summed E-state index contributed by atoms with van der Waals surface area (Å²) in [4.78, 5) is 10.6. The lowest BCUT2D eigenvalue weighted by atomic mass is 9.84. The normalized spacial score (nSPS) is 28.4. The molecule has 0 saturated heterocycles. The fourth-order valence-corrected chi connectivity index (χ4v) is 1.97. The molecule has 2 unspecified atom stereocenters. The molecule has 76 valence electrons. The number of aliphatic hydroxyl groups is 1. The molecular weight excluding hydrogens is 170 g/mol. The molecule has 4 heteroatoms. The second-order valence-electron chi connectivity index (χ2n) is 3.53. The van der Waals surface area contributed by atoms with E-state index >= 15 is 0 Å². The number of ether oxygens (including phenoxy) is 1. The van der Waals surface area contributed by atoms with Crippen molar-refractivity contribution >= 4 is 6.09 Å². The zero-order valence-electron chi connectivity index (χ0n) is 7.74. The molecule has 0 aliphatic heterocycles. The molecule has 0 radical (unpaired) electrons. The minimum Gasteiger partial charge on any atom is -0.446 e. The third kappa shape index (κ3) is 3.22. The largest absolute Gasteiger partial charge is 0.446 e. The van der Waals surface area contributed by atoms with Crippen molar-refractivity contribution in [3.63, 3.8) is 0 Å². The van der Waals surface area contributed by atoms with Gasteiger partial charge in [-0.1, -0.05) is 6.42 Å². The summed E-state index contributed by atoms with van der Waals surface area (Å²) in [6.07, 6.45) is 4.08. The fraction of sp³-hybridized carbons (Fsp3) is 0.889. The smallest absolute Gasteiger partial charge is 0.404 e. The van der Waals surface area contributed by atoms with Gasteiger partial charge in [0.1, 0.15) is 6.10 Å². The maximum absolute atomic E-state index is 10.6. The Kier molecular flexibility index (Phi) is 4.02. The van der Waals surface area contributed by atoms with Gasteiger partial charge in [-0.05, 0) is 31.6 Å². The summed E-state index contributed by atoms with van der Waals surface area (Å²) >= 11 is 0. The molecule has 1 aliphatic rings. The molecule has 0 aromatic heterocycles. The molecule has 0 heterocycles. The van der Waals surface area contributed by atoms with Gasteiger partial charge < -0.3 is 15.6 Å². The Morgan fingerprint density at radius 2 is 2.15 bits per heavy atom. The molecular formula is C9H17NO3. The van der Waals surface area contributed by atoms with Crippen molar-refractivity contribution in [2.24, 2.45) is 11.7 Å². The van der Waals surface area contributed by atoms with E-state index in [0.717, 1.165) is 25.7 Å². The molecule has 1 aliphatic carbocycles. The topological polar surface area (TPSA) is 72.6 Å². The average Bonchev–Trinajstić information content (AvgIpc) is 2.08. The standard InChI is InChI=1S/C9H17NO3/c10-9(12)13-8-4-2-1-3-7(8)5-6-11/h7-8,11H,1-6H2,(H2,10,12). The molecule has 0 aromatic rings. The predicted molar refractivity (Wildman–Crippen MR) is 48.1 cm³/mol. The van der Waals surface area contributed by atoms with Crippen LogP contribution in [0, 0.1) is 5.92 Å².